The molecule has 1 heterocycles. The molecule has 0 aliphatic carbocycles. The minimum Gasteiger partial charge on any atom is -0.391 e. The predicted molar refractivity (Wildman–Crippen MR) is 59.8 cm³/mol. The number of alkyl halides is 1. The van der Waals surface area contributed by atoms with Gasteiger partial charge in [0.05, 0.1) is 16.2 Å². The van der Waals surface area contributed by atoms with Crippen molar-refractivity contribution < 1.29 is 5.11 Å². The summed E-state index contributed by atoms with van der Waals surface area (Å²) >= 11 is 10.4. The van der Waals surface area contributed by atoms with Crippen LogP contribution in [0.1, 0.15) is 0 Å². The number of hydrogen-bond acceptors (Lipinski definition) is 3. The molecule has 2 nitrogen and oxygen atoms in total. The molecule has 0 amide bonds. The highest BCUT2D eigenvalue weighted by Gasteiger charge is 2.03. The van der Waals surface area contributed by atoms with Crippen LogP contribution in [-0.4, -0.2) is 27.3 Å². The zero-order chi connectivity index (χ0) is 9.68. The summed E-state index contributed by atoms with van der Waals surface area (Å²) in [7, 11) is 0. The molecule has 13 heavy (non-hydrogen) atoms. The number of hydrogen-bond donors (Lipinski definition) is 1. The topological polar surface area (TPSA) is 33.1 Å². The van der Waals surface area contributed by atoms with Crippen molar-refractivity contribution in [1.82, 2.24) is 4.98 Å². The van der Waals surface area contributed by atoms with E-state index < -0.39 is 0 Å². The molecule has 0 aliphatic rings. The molecular weight excluding hydrogens is 274 g/mol. The average molecular weight is 283 g/mol. The van der Waals surface area contributed by atoms with Gasteiger partial charge >= 0.3 is 0 Å². The predicted octanol–water partition coefficient (Wildman–Crippen LogP) is 2.58. The van der Waals surface area contributed by atoms with E-state index in [2.05, 4.69) is 20.9 Å². The summed E-state index contributed by atoms with van der Waals surface area (Å²) in [6.45, 7) is 0. The van der Waals surface area contributed by atoms with Gasteiger partial charge in [-0.25, -0.2) is 4.98 Å². The zero-order valence-electron chi connectivity index (χ0n) is 6.78. The molecule has 0 radical (unpaired) electrons. The number of aliphatic hydroxyl groups excluding tert-OH is 1. The highest BCUT2D eigenvalue weighted by Crippen LogP contribution is 2.18. The van der Waals surface area contributed by atoms with E-state index in [1.165, 1.54) is 11.8 Å². The summed E-state index contributed by atoms with van der Waals surface area (Å²) in [6, 6.07) is 3.63. The maximum absolute atomic E-state index is 9.25. The first kappa shape index (κ1) is 11.3. The fraction of sp³-hybridized carbons (Fsp3) is 0.375. The maximum Gasteiger partial charge on any atom is 0.0961 e. The summed E-state index contributed by atoms with van der Waals surface area (Å²) in [5, 5.41) is 11.4. The first-order chi connectivity index (χ1) is 6.22. The van der Waals surface area contributed by atoms with Crippen LogP contribution >= 0.6 is 39.3 Å². The number of nitrogens with zero attached hydrogens (tertiary/aromatic N) is 1. The van der Waals surface area contributed by atoms with Gasteiger partial charge < -0.3 is 5.11 Å². The van der Waals surface area contributed by atoms with Gasteiger partial charge in [-0.2, -0.15) is 0 Å². The molecule has 0 saturated heterocycles. The fourth-order valence-corrected chi connectivity index (χ4v) is 2.09. The molecule has 0 fully saturated rings. The van der Waals surface area contributed by atoms with Crippen molar-refractivity contribution in [2.45, 2.75) is 11.1 Å². The van der Waals surface area contributed by atoms with Crippen molar-refractivity contribution in [3.05, 3.63) is 23.4 Å². The molecular formula is C8H9BrClNOS. The van der Waals surface area contributed by atoms with Crippen molar-refractivity contribution in [2.24, 2.45) is 0 Å². The van der Waals surface area contributed by atoms with Gasteiger partial charge in [-0.3, -0.25) is 0 Å². The van der Waals surface area contributed by atoms with E-state index >= 15 is 0 Å². The second-order valence-electron chi connectivity index (χ2n) is 2.43. The van der Waals surface area contributed by atoms with E-state index in [1.54, 1.807) is 12.3 Å². The summed E-state index contributed by atoms with van der Waals surface area (Å²) < 4.78 is 0. The van der Waals surface area contributed by atoms with Gasteiger partial charge in [0, 0.05) is 17.3 Å². The highest BCUT2D eigenvalue weighted by atomic mass is 79.9. The smallest absolute Gasteiger partial charge is 0.0961 e. The Morgan fingerprint density at radius 3 is 2.92 bits per heavy atom. The summed E-state index contributed by atoms with van der Waals surface area (Å²) in [5.74, 6) is 0.639. The van der Waals surface area contributed by atoms with Gasteiger partial charge in [0.25, 0.3) is 0 Å². The number of rotatable bonds is 4. The van der Waals surface area contributed by atoms with Crippen molar-refractivity contribution in [3.8, 4) is 0 Å². The lowest BCUT2D eigenvalue weighted by Crippen LogP contribution is -2.10. The van der Waals surface area contributed by atoms with Gasteiger partial charge in [-0.1, -0.05) is 27.5 Å². The van der Waals surface area contributed by atoms with Gasteiger partial charge in [0.2, 0.25) is 0 Å². The molecule has 0 spiro atoms. The molecule has 0 saturated carbocycles. The number of pyridine rings is 1. The quantitative estimate of drug-likeness (QED) is 0.681. The summed E-state index contributed by atoms with van der Waals surface area (Å²) in [4.78, 5) is 4.09. The number of halogens is 2. The molecule has 1 rings (SSSR count). The molecule has 72 valence electrons. The Morgan fingerprint density at radius 2 is 2.38 bits per heavy atom. The molecule has 1 atom stereocenters. The van der Waals surface area contributed by atoms with E-state index in [-0.39, 0.29) is 6.10 Å². The number of aromatic nitrogens is 1. The Kier molecular flexibility index (Phi) is 5.09. The van der Waals surface area contributed by atoms with Crippen LogP contribution < -0.4 is 0 Å². The van der Waals surface area contributed by atoms with Crippen molar-refractivity contribution >= 4 is 39.3 Å². The second-order valence-corrected chi connectivity index (χ2v) is 4.56. The lowest BCUT2D eigenvalue weighted by Gasteiger charge is -2.04. The first-order valence-electron chi connectivity index (χ1n) is 3.70. The Morgan fingerprint density at radius 1 is 1.62 bits per heavy atom. The fourth-order valence-electron chi connectivity index (χ4n) is 0.674. The van der Waals surface area contributed by atoms with Crippen LogP contribution in [-0.2, 0) is 0 Å². The maximum atomic E-state index is 9.25. The lowest BCUT2D eigenvalue weighted by molar-refractivity contribution is 0.226. The van der Waals surface area contributed by atoms with Crippen LogP contribution in [0.4, 0.5) is 0 Å². The number of aliphatic hydroxyl groups is 1. The SMILES string of the molecule is OC(CBr)CSc1ccc(Cl)cn1. The van der Waals surface area contributed by atoms with E-state index in [4.69, 9.17) is 11.6 Å². The van der Waals surface area contributed by atoms with Crippen LogP contribution in [0.25, 0.3) is 0 Å². The molecule has 1 N–H and O–H groups in total. The Labute approximate surface area is 94.8 Å². The van der Waals surface area contributed by atoms with E-state index in [9.17, 15) is 5.11 Å². The van der Waals surface area contributed by atoms with Crippen LogP contribution in [0.5, 0.6) is 0 Å². The average Bonchev–Trinajstić information content (AvgIpc) is 2.16. The van der Waals surface area contributed by atoms with Crippen molar-refractivity contribution in [2.75, 3.05) is 11.1 Å². The Balaban J connectivity index is 2.41. The minimum atomic E-state index is -0.331. The zero-order valence-corrected chi connectivity index (χ0v) is 9.94. The first-order valence-corrected chi connectivity index (χ1v) is 6.19. The van der Waals surface area contributed by atoms with Crippen molar-refractivity contribution in [1.29, 1.82) is 0 Å². The van der Waals surface area contributed by atoms with Gasteiger partial charge in [0.1, 0.15) is 0 Å². The minimum absolute atomic E-state index is 0.331. The third-order valence-corrected chi connectivity index (χ3v) is 3.36. The Bertz CT molecular complexity index is 257. The van der Waals surface area contributed by atoms with Crippen molar-refractivity contribution in [3.63, 3.8) is 0 Å². The normalized spacial score (nSPS) is 12.8. The third kappa shape index (κ3) is 4.31. The molecule has 0 aromatic carbocycles. The lowest BCUT2D eigenvalue weighted by atomic mass is 10.5. The molecule has 1 unspecified atom stereocenters. The molecule has 1 aromatic heterocycles. The second kappa shape index (κ2) is 5.86. The highest BCUT2D eigenvalue weighted by molar-refractivity contribution is 9.09. The Hall–Kier alpha value is 0.230. The largest absolute Gasteiger partial charge is 0.391 e. The van der Waals surface area contributed by atoms with Crippen LogP contribution in [0.3, 0.4) is 0 Å². The van der Waals surface area contributed by atoms with Gasteiger partial charge in [0.15, 0.2) is 0 Å². The van der Waals surface area contributed by atoms with Crippen LogP contribution in [0.2, 0.25) is 5.02 Å². The monoisotopic (exact) mass is 281 g/mol. The van der Waals surface area contributed by atoms with Gasteiger partial charge in [-0.05, 0) is 12.1 Å². The molecule has 5 heteroatoms. The number of thioether (sulfide) groups is 1. The summed E-state index contributed by atoms with van der Waals surface area (Å²) in [5.41, 5.74) is 0. The van der Waals surface area contributed by atoms with Crippen LogP contribution in [0, 0.1) is 0 Å². The van der Waals surface area contributed by atoms with E-state index in [0.717, 1.165) is 5.03 Å². The van der Waals surface area contributed by atoms with Gasteiger partial charge in [-0.15, -0.1) is 11.8 Å². The standard InChI is InChI=1S/C8H9BrClNOS/c9-3-7(12)5-13-8-2-1-6(10)4-11-8/h1-2,4,7,12H,3,5H2. The van der Waals surface area contributed by atoms with E-state index in [0.29, 0.717) is 16.1 Å². The molecule has 0 aliphatic heterocycles. The molecule has 1 aromatic rings. The molecule has 0 bridgehead atoms. The van der Waals surface area contributed by atoms with E-state index in [1.807, 2.05) is 6.07 Å². The van der Waals surface area contributed by atoms with Crippen LogP contribution in [0.15, 0.2) is 23.4 Å². The summed E-state index contributed by atoms with van der Waals surface area (Å²) in [6.07, 6.45) is 1.27. The third-order valence-electron chi connectivity index (χ3n) is 1.30.